The summed E-state index contributed by atoms with van der Waals surface area (Å²) < 4.78 is 12.4. The number of carbonyl (C=O) groups is 2. The van der Waals surface area contributed by atoms with Crippen molar-refractivity contribution < 1.29 is 19.1 Å². The fourth-order valence-corrected chi connectivity index (χ4v) is 4.71. The van der Waals surface area contributed by atoms with Crippen LogP contribution >= 0.6 is 11.8 Å². The summed E-state index contributed by atoms with van der Waals surface area (Å²) >= 11 is 1.34. The molecule has 1 fully saturated rings. The molecule has 35 heavy (non-hydrogen) atoms. The number of piperidine rings is 1. The van der Waals surface area contributed by atoms with E-state index in [-0.39, 0.29) is 23.8 Å². The molecule has 1 aliphatic rings. The molecule has 2 amide bonds. The first kappa shape index (κ1) is 24.6. The van der Waals surface area contributed by atoms with Gasteiger partial charge < -0.3 is 19.7 Å². The Hall–Kier alpha value is -3.53. The monoisotopic (exact) mass is 495 g/mol. The van der Waals surface area contributed by atoms with Crippen LogP contribution in [0.25, 0.3) is 17.1 Å². The second kappa shape index (κ2) is 11.7. The zero-order valence-electron chi connectivity index (χ0n) is 19.8. The maximum absolute atomic E-state index is 12.7. The van der Waals surface area contributed by atoms with Crippen molar-refractivity contribution in [1.82, 2.24) is 25.0 Å². The molecule has 4 rings (SSSR count). The third kappa shape index (κ3) is 6.13. The van der Waals surface area contributed by atoms with Crippen LogP contribution in [0.5, 0.6) is 5.75 Å². The highest BCUT2D eigenvalue weighted by molar-refractivity contribution is 7.99. The van der Waals surface area contributed by atoms with Crippen molar-refractivity contribution in [3.63, 3.8) is 0 Å². The minimum Gasteiger partial charge on any atom is -0.497 e. The quantitative estimate of drug-likeness (QED) is 0.475. The molecule has 0 spiro atoms. The number of rotatable bonds is 8. The lowest BCUT2D eigenvalue weighted by molar-refractivity contribution is -0.119. The number of para-hydroxylation sites is 1. The van der Waals surface area contributed by atoms with Gasteiger partial charge in [0.05, 0.1) is 19.5 Å². The molecule has 9 nitrogen and oxygen atoms in total. The summed E-state index contributed by atoms with van der Waals surface area (Å²) in [6, 6.07) is 17.5. The van der Waals surface area contributed by atoms with Gasteiger partial charge in [-0.05, 0) is 44.0 Å². The summed E-state index contributed by atoms with van der Waals surface area (Å²) in [4.78, 5) is 26.2. The maximum atomic E-state index is 12.7. The lowest BCUT2D eigenvalue weighted by atomic mass is 10.1. The average Bonchev–Trinajstić information content (AvgIpc) is 3.32. The molecule has 0 bridgehead atoms. The molecule has 0 atom stereocenters. The number of nitrogens with zero attached hydrogens (tertiary/aromatic N) is 4. The van der Waals surface area contributed by atoms with Gasteiger partial charge in [-0.15, -0.1) is 10.2 Å². The number of thioether (sulfide) groups is 1. The molecule has 184 valence electrons. The van der Waals surface area contributed by atoms with Gasteiger partial charge in [0.2, 0.25) is 5.91 Å². The highest BCUT2D eigenvalue weighted by Gasteiger charge is 2.25. The Balaban J connectivity index is 1.43. The smallest absolute Gasteiger partial charge is 0.409 e. The number of nitrogens with one attached hydrogen (secondary N) is 1. The van der Waals surface area contributed by atoms with Crippen LogP contribution in [0.1, 0.15) is 19.8 Å². The average molecular weight is 496 g/mol. The predicted octanol–water partition coefficient (Wildman–Crippen LogP) is 3.77. The number of benzene rings is 2. The van der Waals surface area contributed by atoms with Gasteiger partial charge in [0.15, 0.2) is 11.0 Å². The molecular formula is C25H29N5O4S. The summed E-state index contributed by atoms with van der Waals surface area (Å²) in [7, 11) is 1.63. The Kier molecular flexibility index (Phi) is 8.25. The summed E-state index contributed by atoms with van der Waals surface area (Å²) in [6.07, 6.45) is 1.12. The van der Waals surface area contributed by atoms with Gasteiger partial charge >= 0.3 is 6.09 Å². The minimum atomic E-state index is -0.292. The van der Waals surface area contributed by atoms with E-state index in [0.717, 1.165) is 17.0 Å². The van der Waals surface area contributed by atoms with E-state index in [1.807, 2.05) is 59.2 Å². The van der Waals surface area contributed by atoms with E-state index in [0.29, 0.717) is 43.5 Å². The van der Waals surface area contributed by atoms with E-state index in [1.165, 1.54) is 11.8 Å². The van der Waals surface area contributed by atoms with Gasteiger partial charge in [0.1, 0.15) is 5.75 Å². The van der Waals surface area contributed by atoms with Gasteiger partial charge in [-0.2, -0.15) is 0 Å². The highest BCUT2D eigenvalue weighted by atomic mass is 32.2. The lowest BCUT2D eigenvalue weighted by Gasteiger charge is -2.31. The molecule has 1 aliphatic heterocycles. The van der Waals surface area contributed by atoms with Crippen LogP contribution < -0.4 is 10.1 Å². The standard InChI is InChI=1S/C25H29N5O4S/c1-3-34-25(32)29-14-12-19(13-15-29)26-22(31)17-35-24-28-27-23(18-8-7-11-21(16-18)33-2)30(24)20-9-5-4-6-10-20/h4-11,16,19H,3,12-15,17H2,1-2H3,(H,26,31). The summed E-state index contributed by atoms with van der Waals surface area (Å²) in [6.45, 7) is 3.30. The molecule has 0 saturated carbocycles. The molecule has 0 radical (unpaired) electrons. The molecule has 1 N–H and O–H groups in total. The van der Waals surface area contributed by atoms with Gasteiger partial charge in [-0.1, -0.05) is 42.1 Å². The summed E-state index contributed by atoms with van der Waals surface area (Å²) in [5, 5.41) is 12.5. The Morgan fingerprint density at radius 3 is 2.57 bits per heavy atom. The number of aromatic nitrogens is 3. The number of hydrogen-bond acceptors (Lipinski definition) is 7. The number of methoxy groups -OCH3 is 1. The van der Waals surface area contributed by atoms with Crippen molar-refractivity contribution in [2.75, 3.05) is 32.6 Å². The zero-order valence-corrected chi connectivity index (χ0v) is 20.7. The fraction of sp³-hybridized carbons (Fsp3) is 0.360. The first-order chi connectivity index (χ1) is 17.1. The van der Waals surface area contributed by atoms with Crippen molar-refractivity contribution >= 4 is 23.8 Å². The van der Waals surface area contributed by atoms with Crippen molar-refractivity contribution in [3.8, 4) is 22.8 Å². The highest BCUT2D eigenvalue weighted by Crippen LogP contribution is 2.29. The fourth-order valence-electron chi connectivity index (χ4n) is 3.94. The maximum Gasteiger partial charge on any atom is 0.409 e. The first-order valence-corrected chi connectivity index (χ1v) is 12.6. The second-order valence-electron chi connectivity index (χ2n) is 8.03. The SMILES string of the molecule is CCOC(=O)N1CCC(NC(=O)CSc2nnc(-c3cccc(OC)c3)n2-c2ccccc2)CC1. The van der Waals surface area contributed by atoms with E-state index in [1.54, 1.807) is 18.9 Å². The van der Waals surface area contributed by atoms with Crippen LogP contribution in [-0.2, 0) is 9.53 Å². The van der Waals surface area contributed by atoms with Gasteiger partial charge in [0.25, 0.3) is 0 Å². The topological polar surface area (TPSA) is 98.6 Å². The molecule has 10 heteroatoms. The van der Waals surface area contributed by atoms with E-state index in [9.17, 15) is 9.59 Å². The Morgan fingerprint density at radius 1 is 1.09 bits per heavy atom. The zero-order chi connectivity index (χ0) is 24.6. The van der Waals surface area contributed by atoms with Crippen LogP contribution in [0.15, 0.2) is 59.8 Å². The van der Waals surface area contributed by atoms with Gasteiger partial charge in [0, 0.05) is 30.4 Å². The van der Waals surface area contributed by atoms with Crippen LogP contribution in [0.3, 0.4) is 0 Å². The Labute approximate surface area is 208 Å². The molecule has 2 heterocycles. The Morgan fingerprint density at radius 2 is 1.86 bits per heavy atom. The molecule has 2 aromatic carbocycles. The van der Waals surface area contributed by atoms with Crippen LogP contribution in [0.4, 0.5) is 4.79 Å². The number of ether oxygens (including phenoxy) is 2. The van der Waals surface area contributed by atoms with Crippen LogP contribution in [-0.4, -0.2) is 70.3 Å². The molecule has 3 aromatic rings. The van der Waals surface area contributed by atoms with E-state index in [4.69, 9.17) is 9.47 Å². The van der Waals surface area contributed by atoms with Crippen molar-refractivity contribution in [3.05, 3.63) is 54.6 Å². The Bertz CT molecular complexity index is 1150. The van der Waals surface area contributed by atoms with Crippen LogP contribution in [0.2, 0.25) is 0 Å². The van der Waals surface area contributed by atoms with Crippen molar-refractivity contribution in [2.45, 2.75) is 31.0 Å². The van der Waals surface area contributed by atoms with Gasteiger partial charge in [-0.3, -0.25) is 9.36 Å². The first-order valence-electron chi connectivity index (χ1n) is 11.6. The third-order valence-corrected chi connectivity index (χ3v) is 6.62. The largest absolute Gasteiger partial charge is 0.497 e. The van der Waals surface area contributed by atoms with Crippen molar-refractivity contribution in [1.29, 1.82) is 0 Å². The molecule has 1 aromatic heterocycles. The van der Waals surface area contributed by atoms with E-state index in [2.05, 4.69) is 15.5 Å². The number of amides is 2. The van der Waals surface area contributed by atoms with E-state index < -0.39 is 0 Å². The third-order valence-electron chi connectivity index (χ3n) is 5.69. The normalized spacial score (nSPS) is 13.9. The molecule has 1 saturated heterocycles. The summed E-state index contributed by atoms with van der Waals surface area (Å²) in [5.41, 5.74) is 1.77. The molecule has 0 aliphatic carbocycles. The molecule has 0 unspecified atom stereocenters. The van der Waals surface area contributed by atoms with Crippen LogP contribution in [0, 0.1) is 0 Å². The summed E-state index contributed by atoms with van der Waals surface area (Å²) in [5.74, 6) is 1.54. The minimum absolute atomic E-state index is 0.0353. The number of hydrogen-bond donors (Lipinski definition) is 1. The van der Waals surface area contributed by atoms with E-state index >= 15 is 0 Å². The van der Waals surface area contributed by atoms with Gasteiger partial charge in [-0.25, -0.2) is 4.79 Å². The van der Waals surface area contributed by atoms with Crippen molar-refractivity contribution in [2.24, 2.45) is 0 Å². The number of likely N-dealkylation sites (tertiary alicyclic amines) is 1. The predicted molar refractivity (Wildman–Crippen MR) is 134 cm³/mol. The second-order valence-corrected chi connectivity index (χ2v) is 8.97. The molecular weight excluding hydrogens is 466 g/mol. The number of carbonyl (C=O) groups excluding carboxylic acids is 2. The lowest BCUT2D eigenvalue weighted by Crippen LogP contribution is -2.47.